The van der Waals surface area contributed by atoms with Gasteiger partial charge in [-0.05, 0) is 19.1 Å². The predicted octanol–water partition coefficient (Wildman–Crippen LogP) is 1.68. The number of nitrogens with zero attached hydrogens (tertiary/aromatic N) is 1. The van der Waals surface area contributed by atoms with Gasteiger partial charge in [0.2, 0.25) is 5.95 Å². The molecule has 0 unspecified atom stereocenters. The molecule has 1 heterocycles. The molecule has 0 aliphatic rings. The SMILES string of the molecule is COc1ccc(C(=O)Nc2ncc(C)[nH]2)c(O)c1. The topological polar surface area (TPSA) is 87.2 Å². The van der Waals surface area contributed by atoms with Crippen LogP contribution in [0.5, 0.6) is 11.5 Å². The number of aromatic hydroxyl groups is 1. The highest BCUT2D eigenvalue weighted by molar-refractivity contribution is 6.05. The van der Waals surface area contributed by atoms with Gasteiger partial charge in [-0.25, -0.2) is 4.98 Å². The number of phenolic OH excluding ortho intramolecular Hbond substituents is 1. The van der Waals surface area contributed by atoms with Crippen molar-refractivity contribution in [2.75, 3.05) is 12.4 Å². The summed E-state index contributed by atoms with van der Waals surface area (Å²) in [5.41, 5.74) is 0.995. The number of H-pyrrole nitrogens is 1. The Morgan fingerprint density at radius 3 is 2.83 bits per heavy atom. The van der Waals surface area contributed by atoms with Crippen molar-refractivity contribution < 1.29 is 14.6 Å². The quantitative estimate of drug-likeness (QED) is 0.770. The molecular formula is C12H13N3O3. The Labute approximate surface area is 104 Å². The highest BCUT2D eigenvalue weighted by atomic mass is 16.5. The van der Waals surface area contributed by atoms with E-state index < -0.39 is 5.91 Å². The highest BCUT2D eigenvalue weighted by Crippen LogP contribution is 2.23. The summed E-state index contributed by atoms with van der Waals surface area (Å²) in [7, 11) is 1.49. The zero-order chi connectivity index (χ0) is 13.1. The van der Waals surface area contributed by atoms with Crippen LogP contribution in [0.25, 0.3) is 0 Å². The molecule has 0 fully saturated rings. The van der Waals surface area contributed by atoms with Gasteiger partial charge in [0.15, 0.2) is 0 Å². The Morgan fingerprint density at radius 2 is 2.28 bits per heavy atom. The molecule has 0 bridgehead atoms. The standard InChI is InChI=1S/C12H13N3O3/c1-7-6-13-12(14-7)15-11(17)9-4-3-8(18-2)5-10(9)16/h3-6,16H,1-2H3,(H2,13,14,15,17). The molecule has 1 aromatic carbocycles. The molecule has 2 aromatic rings. The maximum atomic E-state index is 11.9. The molecule has 3 N–H and O–H groups in total. The van der Waals surface area contributed by atoms with Crippen molar-refractivity contribution in [2.24, 2.45) is 0 Å². The van der Waals surface area contributed by atoms with Crippen LogP contribution < -0.4 is 10.1 Å². The number of methoxy groups -OCH3 is 1. The van der Waals surface area contributed by atoms with E-state index >= 15 is 0 Å². The smallest absolute Gasteiger partial charge is 0.261 e. The van der Waals surface area contributed by atoms with Gasteiger partial charge < -0.3 is 14.8 Å². The molecular weight excluding hydrogens is 234 g/mol. The van der Waals surface area contributed by atoms with Crippen molar-refractivity contribution in [3.05, 3.63) is 35.7 Å². The average Bonchev–Trinajstić information content (AvgIpc) is 2.74. The van der Waals surface area contributed by atoms with E-state index in [4.69, 9.17) is 4.74 Å². The van der Waals surface area contributed by atoms with Crippen molar-refractivity contribution in [1.82, 2.24) is 9.97 Å². The lowest BCUT2D eigenvalue weighted by molar-refractivity contribution is 0.102. The van der Waals surface area contributed by atoms with E-state index in [1.54, 1.807) is 12.3 Å². The number of hydrogen-bond acceptors (Lipinski definition) is 4. The maximum absolute atomic E-state index is 11.9. The van der Waals surface area contributed by atoms with Crippen LogP contribution in [0.2, 0.25) is 0 Å². The molecule has 18 heavy (non-hydrogen) atoms. The first-order valence-electron chi connectivity index (χ1n) is 5.30. The van der Waals surface area contributed by atoms with Gasteiger partial charge in [0.05, 0.1) is 12.7 Å². The maximum Gasteiger partial charge on any atom is 0.261 e. The number of phenols is 1. The summed E-state index contributed by atoms with van der Waals surface area (Å²) in [6, 6.07) is 4.46. The number of aromatic amines is 1. The summed E-state index contributed by atoms with van der Waals surface area (Å²) in [4.78, 5) is 18.7. The summed E-state index contributed by atoms with van der Waals surface area (Å²) in [5.74, 6) is 0.241. The Hall–Kier alpha value is -2.50. The summed E-state index contributed by atoms with van der Waals surface area (Å²) >= 11 is 0. The van der Waals surface area contributed by atoms with Crippen molar-refractivity contribution in [1.29, 1.82) is 0 Å². The van der Waals surface area contributed by atoms with Gasteiger partial charge in [0.25, 0.3) is 5.91 Å². The first kappa shape index (κ1) is 12.0. The van der Waals surface area contributed by atoms with E-state index in [0.29, 0.717) is 11.7 Å². The zero-order valence-electron chi connectivity index (χ0n) is 10.0. The molecule has 2 rings (SSSR count). The summed E-state index contributed by atoms with van der Waals surface area (Å²) in [5, 5.41) is 12.3. The zero-order valence-corrected chi connectivity index (χ0v) is 10.0. The molecule has 1 aromatic heterocycles. The number of carbonyl (C=O) groups is 1. The third-order valence-electron chi connectivity index (χ3n) is 2.38. The number of hydrogen-bond donors (Lipinski definition) is 3. The monoisotopic (exact) mass is 247 g/mol. The second-order valence-electron chi connectivity index (χ2n) is 3.75. The van der Waals surface area contributed by atoms with E-state index in [1.807, 2.05) is 6.92 Å². The number of imidazole rings is 1. The van der Waals surface area contributed by atoms with E-state index in [9.17, 15) is 9.90 Å². The van der Waals surface area contributed by atoms with Crippen molar-refractivity contribution in [3.8, 4) is 11.5 Å². The summed E-state index contributed by atoms with van der Waals surface area (Å²) in [6.45, 7) is 1.83. The summed E-state index contributed by atoms with van der Waals surface area (Å²) < 4.78 is 4.94. The van der Waals surface area contributed by atoms with Crippen LogP contribution in [0, 0.1) is 6.92 Å². The fraction of sp³-hybridized carbons (Fsp3) is 0.167. The van der Waals surface area contributed by atoms with E-state index in [1.165, 1.54) is 19.2 Å². The van der Waals surface area contributed by atoms with Crippen LogP contribution in [0.1, 0.15) is 16.1 Å². The molecule has 0 aliphatic carbocycles. The number of anilines is 1. The first-order valence-corrected chi connectivity index (χ1v) is 5.30. The largest absolute Gasteiger partial charge is 0.507 e. The van der Waals surface area contributed by atoms with Gasteiger partial charge in [-0.1, -0.05) is 0 Å². The van der Waals surface area contributed by atoms with Crippen LogP contribution in [0.15, 0.2) is 24.4 Å². The van der Waals surface area contributed by atoms with E-state index in [0.717, 1.165) is 5.69 Å². The van der Waals surface area contributed by atoms with Crippen LogP contribution in [-0.2, 0) is 0 Å². The lowest BCUT2D eigenvalue weighted by atomic mass is 10.2. The number of aromatic nitrogens is 2. The number of rotatable bonds is 3. The Morgan fingerprint density at radius 1 is 1.50 bits per heavy atom. The second kappa shape index (κ2) is 4.79. The number of amides is 1. The van der Waals surface area contributed by atoms with Gasteiger partial charge in [0.1, 0.15) is 11.5 Å². The Bertz CT molecular complexity index is 578. The fourth-order valence-electron chi connectivity index (χ4n) is 1.48. The first-order chi connectivity index (χ1) is 8.60. The normalized spacial score (nSPS) is 10.1. The molecule has 6 heteroatoms. The Balaban J connectivity index is 2.18. The fourth-order valence-corrected chi connectivity index (χ4v) is 1.48. The number of carbonyl (C=O) groups excluding carboxylic acids is 1. The number of nitrogens with one attached hydrogen (secondary N) is 2. The number of aryl methyl sites for hydroxylation is 1. The Kier molecular flexibility index (Phi) is 3.18. The molecule has 1 amide bonds. The van der Waals surface area contributed by atoms with Crippen LogP contribution in [0.4, 0.5) is 5.95 Å². The van der Waals surface area contributed by atoms with Gasteiger partial charge in [-0.15, -0.1) is 0 Å². The molecule has 0 aliphatic heterocycles. The van der Waals surface area contributed by atoms with Gasteiger partial charge in [-0.2, -0.15) is 0 Å². The minimum Gasteiger partial charge on any atom is -0.507 e. The molecule has 6 nitrogen and oxygen atoms in total. The van der Waals surface area contributed by atoms with Gasteiger partial charge >= 0.3 is 0 Å². The minimum atomic E-state index is -0.440. The molecule has 0 saturated heterocycles. The van der Waals surface area contributed by atoms with Crippen molar-refractivity contribution in [3.63, 3.8) is 0 Å². The average molecular weight is 247 g/mol. The van der Waals surface area contributed by atoms with E-state index in [2.05, 4.69) is 15.3 Å². The van der Waals surface area contributed by atoms with E-state index in [-0.39, 0.29) is 11.3 Å². The summed E-state index contributed by atoms with van der Waals surface area (Å²) in [6.07, 6.45) is 1.60. The third kappa shape index (κ3) is 2.42. The molecule has 0 saturated carbocycles. The van der Waals surface area contributed by atoms with Crippen LogP contribution in [-0.4, -0.2) is 28.1 Å². The lowest BCUT2D eigenvalue weighted by Gasteiger charge is -2.06. The molecule has 0 atom stereocenters. The highest BCUT2D eigenvalue weighted by Gasteiger charge is 2.13. The minimum absolute atomic E-state index is 0.143. The molecule has 0 radical (unpaired) electrons. The number of benzene rings is 1. The lowest BCUT2D eigenvalue weighted by Crippen LogP contribution is -2.13. The van der Waals surface area contributed by atoms with Crippen LogP contribution >= 0.6 is 0 Å². The number of ether oxygens (including phenoxy) is 1. The van der Waals surface area contributed by atoms with Crippen LogP contribution in [0.3, 0.4) is 0 Å². The van der Waals surface area contributed by atoms with Crippen molar-refractivity contribution in [2.45, 2.75) is 6.92 Å². The molecule has 94 valence electrons. The van der Waals surface area contributed by atoms with Crippen molar-refractivity contribution >= 4 is 11.9 Å². The van der Waals surface area contributed by atoms with Gasteiger partial charge in [-0.3, -0.25) is 10.1 Å². The van der Waals surface area contributed by atoms with Gasteiger partial charge in [0, 0.05) is 18.0 Å². The third-order valence-corrected chi connectivity index (χ3v) is 2.38. The molecule has 0 spiro atoms. The second-order valence-corrected chi connectivity index (χ2v) is 3.75. The predicted molar refractivity (Wildman–Crippen MR) is 65.9 cm³/mol.